The molecule has 1 aromatic heterocycles. The summed E-state index contributed by atoms with van der Waals surface area (Å²) in [4.78, 5) is 27.8. The van der Waals surface area contributed by atoms with Crippen LogP contribution in [0, 0.1) is 10.1 Å². The molecule has 0 unspecified atom stereocenters. The van der Waals surface area contributed by atoms with Crippen molar-refractivity contribution >= 4 is 22.5 Å². The van der Waals surface area contributed by atoms with E-state index in [1.165, 1.54) is 12.1 Å². The molecular weight excluding hydrogens is 284 g/mol. The highest BCUT2D eigenvalue weighted by Crippen LogP contribution is 2.24. The molecule has 1 aliphatic rings. The van der Waals surface area contributed by atoms with E-state index in [0.717, 1.165) is 23.0 Å². The Balaban J connectivity index is 1.82. The first-order valence-corrected chi connectivity index (χ1v) is 7.30. The Hall–Kier alpha value is -2.41. The summed E-state index contributed by atoms with van der Waals surface area (Å²) in [6, 6.07) is 4.95. The van der Waals surface area contributed by atoms with Crippen molar-refractivity contribution in [3.63, 3.8) is 0 Å². The molecule has 7 nitrogen and oxygen atoms in total. The summed E-state index contributed by atoms with van der Waals surface area (Å²) in [5, 5.41) is 14.9. The van der Waals surface area contributed by atoms with E-state index in [-0.39, 0.29) is 18.0 Å². The number of amides is 1. The zero-order valence-electron chi connectivity index (χ0n) is 12.3. The minimum atomic E-state index is -0.421. The number of aromatic nitrogens is 1. The fourth-order valence-corrected chi connectivity index (χ4v) is 2.86. The number of nitro groups is 1. The molecule has 1 fully saturated rings. The average Bonchev–Trinajstić information content (AvgIpc) is 2.89. The van der Waals surface area contributed by atoms with Crippen LogP contribution >= 0.6 is 0 Å². The van der Waals surface area contributed by atoms with Crippen LogP contribution < -0.4 is 5.32 Å². The molecule has 1 saturated heterocycles. The largest absolute Gasteiger partial charge is 0.361 e. The van der Waals surface area contributed by atoms with Crippen molar-refractivity contribution in [3.8, 4) is 0 Å². The topological polar surface area (TPSA) is 91.3 Å². The van der Waals surface area contributed by atoms with Gasteiger partial charge in [0.05, 0.1) is 11.3 Å². The Kier molecular flexibility index (Phi) is 3.81. The standard InChI is InChI=1S/C15H18N4O3/c1-10-9-18(5-4-16-10)15(20)6-11-8-17-14-3-2-12(19(21)22)7-13(11)14/h2-3,7-8,10,16-17H,4-6,9H2,1H3/t10-/m1/s1. The molecule has 1 aromatic carbocycles. The van der Waals surface area contributed by atoms with Gasteiger partial charge in [0, 0.05) is 54.9 Å². The van der Waals surface area contributed by atoms with Crippen LogP contribution in [0.15, 0.2) is 24.4 Å². The van der Waals surface area contributed by atoms with Crippen molar-refractivity contribution in [2.45, 2.75) is 19.4 Å². The zero-order valence-corrected chi connectivity index (χ0v) is 12.3. The van der Waals surface area contributed by atoms with Crippen molar-refractivity contribution in [2.75, 3.05) is 19.6 Å². The SMILES string of the molecule is C[C@@H]1CN(C(=O)Cc2c[nH]c3ccc([N+](=O)[O-])cc23)CCN1. The highest BCUT2D eigenvalue weighted by atomic mass is 16.6. The maximum atomic E-state index is 12.4. The second kappa shape index (κ2) is 5.76. The van der Waals surface area contributed by atoms with E-state index in [1.807, 2.05) is 4.90 Å². The maximum Gasteiger partial charge on any atom is 0.270 e. The van der Waals surface area contributed by atoms with E-state index in [1.54, 1.807) is 12.3 Å². The van der Waals surface area contributed by atoms with Crippen molar-refractivity contribution in [1.29, 1.82) is 0 Å². The third kappa shape index (κ3) is 2.80. The molecule has 2 heterocycles. The number of carbonyl (C=O) groups is 1. The lowest BCUT2D eigenvalue weighted by Crippen LogP contribution is -2.51. The Bertz CT molecular complexity index is 725. The van der Waals surface area contributed by atoms with Gasteiger partial charge < -0.3 is 15.2 Å². The Morgan fingerprint density at radius 2 is 2.32 bits per heavy atom. The van der Waals surface area contributed by atoms with Crippen LogP contribution in [0.5, 0.6) is 0 Å². The molecule has 116 valence electrons. The van der Waals surface area contributed by atoms with E-state index in [4.69, 9.17) is 0 Å². The van der Waals surface area contributed by atoms with Crippen LogP contribution in [0.1, 0.15) is 12.5 Å². The first-order chi connectivity index (χ1) is 10.5. The number of H-pyrrole nitrogens is 1. The smallest absolute Gasteiger partial charge is 0.270 e. The number of nitro benzene ring substituents is 1. The van der Waals surface area contributed by atoms with Crippen LogP contribution in [0.4, 0.5) is 5.69 Å². The summed E-state index contributed by atoms with van der Waals surface area (Å²) >= 11 is 0. The fourth-order valence-electron chi connectivity index (χ4n) is 2.86. The number of aromatic amines is 1. The summed E-state index contributed by atoms with van der Waals surface area (Å²) in [7, 11) is 0. The normalized spacial score (nSPS) is 18.6. The van der Waals surface area contributed by atoms with Crippen LogP contribution in [0.2, 0.25) is 0 Å². The van der Waals surface area contributed by atoms with Gasteiger partial charge in [0.15, 0.2) is 0 Å². The van der Waals surface area contributed by atoms with Crippen LogP contribution in [0.3, 0.4) is 0 Å². The maximum absolute atomic E-state index is 12.4. The van der Waals surface area contributed by atoms with Gasteiger partial charge in [0.2, 0.25) is 5.91 Å². The number of nitrogens with one attached hydrogen (secondary N) is 2. The number of fused-ring (bicyclic) bond motifs is 1. The Morgan fingerprint density at radius 3 is 3.05 bits per heavy atom. The zero-order chi connectivity index (χ0) is 15.7. The van der Waals surface area contributed by atoms with Gasteiger partial charge in [-0.2, -0.15) is 0 Å². The molecule has 2 N–H and O–H groups in total. The third-order valence-corrected chi connectivity index (χ3v) is 4.02. The number of carbonyl (C=O) groups excluding carboxylic acids is 1. The molecule has 1 aliphatic heterocycles. The van der Waals surface area contributed by atoms with Crippen LogP contribution in [0.25, 0.3) is 10.9 Å². The minimum absolute atomic E-state index is 0.0385. The van der Waals surface area contributed by atoms with Crippen molar-refractivity contribution in [2.24, 2.45) is 0 Å². The number of benzene rings is 1. The van der Waals surface area contributed by atoms with Gasteiger partial charge in [-0.25, -0.2) is 0 Å². The number of non-ortho nitro benzene ring substituents is 1. The van der Waals surface area contributed by atoms with Crippen molar-refractivity contribution in [3.05, 3.63) is 40.1 Å². The van der Waals surface area contributed by atoms with E-state index in [2.05, 4.69) is 17.2 Å². The molecule has 0 aliphatic carbocycles. The highest BCUT2D eigenvalue weighted by Gasteiger charge is 2.21. The lowest BCUT2D eigenvalue weighted by molar-refractivity contribution is -0.384. The highest BCUT2D eigenvalue weighted by molar-refractivity contribution is 5.90. The molecular formula is C15H18N4O3. The van der Waals surface area contributed by atoms with Crippen LogP contribution in [-0.4, -0.2) is 46.4 Å². The van der Waals surface area contributed by atoms with E-state index in [9.17, 15) is 14.9 Å². The lowest BCUT2D eigenvalue weighted by atomic mass is 10.1. The molecule has 0 spiro atoms. The number of hydrogen-bond acceptors (Lipinski definition) is 4. The number of piperazine rings is 1. The molecule has 1 amide bonds. The molecule has 3 rings (SSSR count). The molecule has 22 heavy (non-hydrogen) atoms. The summed E-state index contributed by atoms with van der Waals surface area (Å²) < 4.78 is 0. The number of nitrogens with zero attached hydrogens (tertiary/aromatic N) is 2. The summed E-state index contributed by atoms with van der Waals surface area (Å²) in [6.45, 7) is 4.24. The van der Waals surface area contributed by atoms with Gasteiger partial charge in [-0.1, -0.05) is 0 Å². The Morgan fingerprint density at radius 1 is 1.50 bits per heavy atom. The van der Waals surface area contributed by atoms with Crippen molar-refractivity contribution in [1.82, 2.24) is 15.2 Å². The fraction of sp³-hybridized carbons (Fsp3) is 0.400. The van der Waals surface area contributed by atoms with E-state index in [0.29, 0.717) is 19.1 Å². The summed E-state index contributed by atoms with van der Waals surface area (Å²) in [5.74, 6) is 0.0563. The predicted octanol–water partition coefficient (Wildman–Crippen LogP) is 1.44. The van der Waals surface area contributed by atoms with Gasteiger partial charge in [-0.15, -0.1) is 0 Å². The first kappa shape index (κ1) is 14.5. The molecule has 0 saturated carbocycles. The number of hydrogen-bond donors (Lipinski definition) is 2. The second-order valence-electron chi connectivity index (χ2n) is 5.67. The molecule has 0 bridgehead atoms. The van der Waals surface area contributed by atoms with Gasteiger partial charge >= 0.3 is 0 Å². The number of rotatable bonds is 3. The molecule has 1 atom stereocenters. The Labute approximate surface area is 127 Å². The third-order valence-electron chi connectivity index (χ3n) is 4.02. The quantitative estimate of drug-likeness (QED) is 0.663. The minimum Gasteiger partial charge on any atom is -0.361 e. The monoisotopic (exact) mass is 302 g/mol. The van der Waals surface area contributed by atoms with Gasteiger partial charge in [0.1, 0.15) is 0 Å². The van der Waals surface area contributed by atoms with Gasteiger partial charge in [-0.3, -0.25) is 14.9 Å². The summed E-state index contributed by atoms with van der Waals surface area (Å²) in [6.07, 6.45) is 2.02. The molecule has 2 aromatic rings. The average molecular weight is 302 g/mol. The van der Waals surface area contributed by atoms with Gasteiger partial charge in [-0.05, 0) is 18.6 Å². The van der Waals surface area contributed by atoms with Crippen molar-refractivity contribution < 1.29 is 9.72 Å². The van der Waals surface area contributed by atoms with Crippen LogP contribution in [-0.2, 0) is 11.2 Å². The second-order valence-corrected chi connectivity index (χ2v) is 5.67. The van der Waals surface area contributed by atoms with Gasteiger partial charge in [0.25, 0.3) is 5.69 Å². The van der Waals surface area contributed by atoms with E-state index < -0.39 is 4.92 Å². The molecule has 7 heteroatoms. The lowest BCUT2D eigenvalue weighted by Gasteiger charge is -2.31. The molecule has 0 radical (unpaired) electrons. The van der Waals surface area contributed by atoms with E-state index >= 15 is 0 Å². The first-order valence-electron chi connectivity index (χ1n) is 7.30. The predicted molar refractivity (Wildman–Crippen MR) is 82.7 cm³/mol. The summed E-state index contributed by atoms with van der Waals surface area (Å²) in [5.41, 5.74) is 1.65.